The molecule has 0 spiro atoms. The van der Waals surface area contributed by atoms with Crippen LogP contribution < -0.4 is 0 Å². The maximum Gasteiger partial charge on any atom is 0.188 e. The monoisotopic (exact) mass is 212 g/mol. The van der Waals surface area contributed by atoms with Crippen molar-refractivity contribution in [2.24, 2.45) is 0 Å². The molecule has 2 N–H and O–H groups in total. The van der Waals surface area contributed by atoms with Gasteiger partial charge in [-0.1, -0.05) is 6.07 Å². The summed E-state index contributed by atoms with van der Waals surface area (Å²) in [4.78, 5) is 2.83. The largest absolute Gasteiger partial charge is 0.364 e. The molecule has 0 radical (unpaired) electrons. The maximum absolute atomic E-state index is 8.90. The van der Waals surface area contributed by atoms with Crippen LogP contribution in [0.5, 0.6) is 0 Å². The predicted molar refractivity (Wildman–Crippen MR) is 54.8 cm³/mol. The van der Waals surface area contributed by atoms with Crippen molar-refractivity contribution in [3.05, 3.63) is 34.5 Å². The van der Waals surface area contributed by atoms with Gasteiger partial charge in [0.1, 0.15) is 0 Å². The first kappa shape index (κ1) is 8.90. The van der Waals surface area contributed by atoms with E-state index in [1.165, 1.54) is 11.3 Å². The minimum Gasteiger partial charge on any atom is -0.364 e. The first-order valence-corrected chi connectivity index (χ1v) is 5.47. The second-order valence-corrected chi connectivity index (χ2v) is 4.62. The topological polar surface area (TPSA) is 40.5 Å². The van der Waals surface area contributed by atoms with Crippen LogP contribution >= 0.6 is 22.7 Å². The molecule has 2 aromatic heterocycles. The molecule has 0 aromatic carbocycles. The van der Waals surface area contributed by atoms with Gasteiger partial charge in [0, 0.05) is 9.75 Å². The van der Waals surface area contributed by atoms with Crippen LogP contribution in [0.3, 0.4) is 0 Å². The quantitative estimate of drug-likeness (QED) is 0.751. The Morgan fingerprint density at radius 2 is 1.92 bits per heavy atom. The summed E-state index contributed by atoms with van der Waals surface area (Å²) < 4.78 is 0. The van der Waals surface area contributed by atoms with E-state index >= 15 is 0 Å². The van der Waals surface area contributed by atoms with Gasteiger partial charge >= 0.3 is 0 Å². The van der Waals surface area contributed by atoms with Crippen molar-refractivity contribution >= 4 is 22.7 Å². The van der Waals surface area contributed by atoms with Crippen molar-refractivity contribution in [1.82, 2.24) is 0 Å². The van der Waals surface area contributed by atoms with Crippen molar-refractivity contribution in [1.29, 1.82) is 0 Å². The zero-order chi connectivity index (χ0) is 9.26. The first-order valence-electron chi connectivity index (χ1n) is 3.77. The molecule has 2 heterocycles. The van der Waals surface area contributed by atoms with Crippen LogP contribution in [0.15, 0.2) is 29.6 Å². The Kier molecular flexibility index (Phi) is 2.46. The Hall–Kier alpha value is -0.680. The Labute approximate surface area is 83.7 Å². The van der Waals surface area contributed by atoms with Crippen LogP contribution in [0.4, 0.5) is 0 Å². The number of hydrogen-bond acceptors (Lipinski definition) is 4. The molecular formula is C9H8O2S2. The van der Waals surface area contributed by atoms with Gasteiger partial charge in [0.2, 0.25) is 0 Å². The van der Waals surface area contributed by atoms with Crippen molar-refractivity contribution in [2.45, 2.75) is 6.29 Å². The summed E-state index contributed by atoms with van der Waals surface area (Å²) in [6.07, 6.45) is -1.35. The van der Waals surface area contributed by atoms with Gasteiger partial charge in [0.15, 0.2) is 6.29 Å². The summed E-state index contributed by atoms with van der Waals surface area (Å²) in [6, 6.07) is 7.65. The van der Waals surface area contributed by atoms with Crippen molar-refractivity contribution in [2.75, 3.05) is 0 Å². The van der Waals surface area contributed by atoms with E-state index in [-0.39, 0.29) is 0 Å². The lowest BCUT2D eigenvalue weighted by molar-refractivity contribution is -0.0395. The molecule has 0 atom stereocenters. The third-order valence-electron chi connectivity index (χ3n) is 1.65. The van der Waals surface area contributed by atoms with E-state index in [1.54, 1.807) is 17.4 Å². The Morgan fingerprint density at radius 3 is 2.46 bits per heavy atom. The highest BCUT2D eigenvalue weighted by Crippen LogP contribution is 2.33. The molecule has 0 aliphatic carbocycles. The van der Waals surface area contributed by atoms with Crippen LogP contribution in [0.25, 0.3) is 9.75 Å². The molecule has 2 aromatic rings. The molecule has 0 amide bonds. The van der Waals surface area contributed by atoms with Crippen molar-refractivity contribution in [3.63, 3.8) is 0 Å². The highest BCUT2D eigenvalue weighted by molar-refractivity contribution is 7.21. The van der Waals surface area contributed by atoms with E-state index in [2.05, 4.69) is 0 Å². The van der Waals surface area contributed by atoms with E-state index < -0.39 is 6.29 Å². The fourth-order valence-electron chi connectivity index (χ4n) is 1.04. The second kappa shape index (κ2) is 3.59. The van der Waals surface area contributed by atoms with E-state index in [1.807, 2.05) is 23.6 Å². The van der Waals surface area contributed by atoms with Crippen molar-refractivity contribution in [3.8, 4) is 9.75 Å². The highest BCUT2D eigenvalue weighted by atomic mass is 32.1. The molecule has 4 heteroatoms. The Balaban J connectivity index is 2.33. The third-order valence-corrected chi connectivity index (χ3v) is 3.84. The molecule has 68 valence electrons. The summed E-state index contributed by atoms with van der Waals surface area (Å²) in [5.41, 5.74) is 0. The SMILES string of the molecule is OC(O)c1ccc(-c2cccs2)s1. The average molecular weight is 212 g/mol. The summed E-state index contributed by atoms with van der Waals surface area (Å²) in [6.45, 7) is 0. The van der Waals surface area contributed by atoms with Gasteiger partial charge in [0.05, 0.1) is 4.88 Å². The molecule has 2 rings (SSSR count). The average Bonchev–Trinajstić information content (AvgIpc) is 2.75. The second-order valence-electron chi connectivity index (χ2n) is 2.55. The number of aliphatic hydroxyl groups is 2. The maximum atomic E-state index is 8.90. The fraction of sp³-hybridized carbons (Fsp3) is 0.111. The highest BCUT2D eigenvalue weighted by Gasteiger charge is 2.07. The van der Waals surface area contributed by atoms with Crippen LogP contribution in [0, 0.1) is 0 Å². The number of aliphatic hydroxyl groups excluding tert-OH is 1. The van der Waals surface area contributed by atoms with Gasteiger partial charge < -0.3 is 10.2 Å². The van der Waals surface area contributed by atoms with E-state index in [9.17, 15) is 0 Å². The summed E-state index contributed by atoms with van der Waals surface area (Å²) in [7, 11) is 0. The van der Waals surface area contributed by atoms with Crippen molar-refractivity contribution < 1.29 is 10.2 Å². The molecule has 2 nitrogen and oxygen atoms in total. The molecule has 0 aliphatic heterocycles. The van der Waals surface area contributed by atoms with Gasteiger partial charge in [-0.05, 0) is 23.6 Å². The molecule has 13 heavy (non-hydrogen) atoms. The lowest BCUT2D eigenvalue weighted by Gasteiger charge is -1.95. The first-order chi connectivity index (χ1) is 6.27. The van der Waals surface area contributed by atoms with Crippen LogP contribution in [-0.4, -0.2) is 10.2 Å². The molecule has 0 aliphatic rings. The zero-order valence-corrected chi connectivity index (χ0v) is 8.31. The lowest BCUT2D eigenvalue weighted by Crippen LogP contribution is -1.88. The molecule has 0 bridgehead atoms. The van der Waals surface area contributed by atoms with Gasteiger partial charge in [-0.25, -0.2) is 0 Å². The molecule has 0 saturated carbocycles. The molecule has 0 saturated heterocycles. The van der Waals surface area contributed by atoms with Gasteiger partial charge in [-0.15, -0.1) is 22.7 Å². The summed E-state index contributed by atoms with van der Waals surface area (Å²) >= 11 is 3.06. The fourth-order valence-corrected chi connectivity index (χ4v) is 2.76. The smallest absolute Gasteiger partial charge is 0.188 e. The van der Waals surface area contributed by atoms with Gasteiger partial charge in [-0.3, -0.25) is 0 Å². The number of hydrogen-bond donors (Lipinski definition) is 2. The minimum absolute atomic E-state index is 0.586. The van der Waals surface area contributed by atoms with Gasteiger partial charge in [0.25, 0.3) is 0 Å². The third kappa shape index (κ3) is 1.81. The molecular weight excluding hydrogens is 204 g/mol. The number of thiophene rings is 2. The summed E-state index contributed by atoms with van der Waals surface area (Å²) in [5.74, 6) is 0. The minimum atomic E-state index is -1.35. The predicted octanol–water partition coefficient (Wildman–Crippen LogP) is 2.46. The van der Waals surface area contributed by atoms with Crippen LogP contribution in [0.1, 0.15) is 11.2 Å². The lowest BCUT2D eigenvalue weighted by atomic mass is 10.3. The Bertz CT molecular complexity index is 376. The standard InChI is InChI=1S/C9H8O2S2/c10-9(11)8-4-3-7(13-8)6-2-1-5-12-6/h1-5,9-11H. The normalized spacial score (nSPS) is 11.0. The zero-order valence-electron chi connectivity index (χ0n) is 6.68. The van der Waals surface area contributed by atoms with E-state index in [0.717, 1.165) is 9.75 Å². The van der Waals surface area contributed by atoms with Gasteiger partial charge in [-0.2, -0.15) is 0 Å². The van der Waals surface area contributed by atoms with E-state index in [4.69, 9.17) is 10.2 Å². The summed E-state index contributed by atoms with van der Waals surface area (Å²) in [5, 5.41) is 19.8. The molecule has 0 unspecified atom stereocenters. The van der Waals surface area contributed by atoms with E-state index in [0.29, 0.717) is 4.88 Å². The Morgan fingerprint density at radius 1 is 1.08 bits per heavy atom. The number of rotatable bonds is 2. The molecule has 0 fully saturated rings. The van der Waals surface area contributed by atoms with Crippen LogP contribution in [-0.2, 0) is 0 Å². The van der Waals surface area contributed by atoms with Crippen LogP contribution in [0.2, 0.25) is 0 Å².